The molecule has 0 bridgehead atoms. The summed E-state index contributed by atoms with van der Waals surface area (Å²) in [6.07, 6.45) is 4.31. The summed E-state index contributed by atoms with van der Waals surface area (Å²) >= 11 is 0. The average molecular weight is 365 g/mol. The van der Waals surface area contributed by atoms with E-state index in [1.54, 1.807) is 31.2 Å². The van der Waals surface area contributed by atoms with E-state index in [4.69, 9.17) is 20.6 Å². The second kappa shape index (κ2) is 13.3. The third-order valence-corrected chi connectivity index (χ3v) is 2.72. The molecule has 9 heteroatoms. The summed E-state index contributed by atoms with van der Waals surface area (Å²) in [5.41, 5.74) is 4.77. The minimum Gasteiger partial charge on any atom is -0.491 e. The summed E-state index contributed by atoms with van der Waals surface area (Å²) in [5.74, 6) is 3.00. The number of hydrogen-bond donors (Lipinski definition) is 3. The highest BCUT2D eigenvalue weighted by atomic mass is 16.6. The Morgan fingerprint density at radius 3 is 2.42 bits per heavy atom. The molecule has 0 atom stereocenters. The van der Waals surface area contributed by atoms with E-state index in [0.29, 0.717) is 37.9 Å². The minimum absolute atomic E-state index is 0.210. The molecule has 3 N–H and O–H groups in total. The Balaban J connectivity index is 2.17. The van der Waals surface area contributed by atoms with Gasteiger partial charge in [0, 0.05) is 5.69 Å². The molecule has 0 aliphatic rings. The van der Waals surface area contributed by atoms with Crippen LogP contribution in [0.3, 0.4) is 0 Å². The van der Waals surface area contributed by atoms with Crippen molar-refractivity contribution in [1.82, 2.24) is 10.9 Å². The molecule has 142 valence electrons. The predicted molar refractivity (Wildman–Crippen MR) is 94.7 cm³/mol. The Hall–Kier alpha value is -2.96. The normalized spacial score (nSPS) is 9.69. The van der Waals surface area contributed by atoms with E-state index in [-0.39, 0.29) is 13.2 Å². The van der Waals surface area contributed by atoms with Crippen LogP contribution in [0.5, 0.6) is 5.75 Å². The van der Waals surface area contributed by atoms with Gasteiger partial charge < -0.3 is 24.3 Å². The van der Waals surface area contributed by atoms with Gasteiger partial charge in [0.15, 0.2) is 0 Å². The standard InChI is InChI=1S/C17H23N3O6/c1-3-9-23-10-11-24-12-13-26-15-7-5-14(6-8-15)18-16(21)19-20-17(22)25-4-2/h1,5-8H,4,9-13H2,2H3,(H,20,22)(H2,18,19,21). The fraction of sp³-hybridized carbons (Fsp3) is 0.412. The molecule has 0 aliphatic carbocycles. The molecule has 0 heterocycles. The number of carbonyl (C=O) groups excluding carboxylic acids is 2. The number of terminal acetylenes is 1. The lowest BCUT2D eigenvalue weighted by Crippen LogP contribution is -2.44. The van der Waals surface area contributed by atoms with E-state index < -0.39 is 12.1 Å². The molecule has 3 amide bonds. The third kappa shape index (κ3) is 10.0. The molecule has 9 nitrogen and oxygen atoms in total. The zero-order valence-corrected chi connectivity index (χ0v) is 14.6. The minimum atomic E-state index is -0.740. The summed E-state index contributed by atoms with van der Waals surface area (Å²) in [6, 6.07) is 6.11. The maximum absolute atomic E-state index is 11.6. The van der Waals surface area contributed by atoms with Gasteiger partial charge in [-0.25, -0.2) is 20.4 Å². The zero-order chi connectivity index (χ0) is 19.0. The smallest absolute Gasteiger partial charge is 0.426 e. The highest BCUT2D eigenvalue weighted by Gasteiger charge is 2.04. The van der Waals surface area contributed by atoms with E-state index in [1.807, 2.05) is 0 Å². The SMILES string of the molecule is C#CCOCCOCCOc1ccc(NC(=O)NNC(=O)OCC)cc1. The Labute approximate surface area is 152 Å². The van der Waals surface area contributed by atoms with Gasteiger partial charge in [0.2, 0.25) is 0 Å². The number of carbonyl (C=O) groups is 2. The summed E-state index contributed by atoms with van der Waals surface area (Å²) in [5, 5.41) is 2.54. The van der Waals surface area contributed by atoms with Crippen molar-refractivity contribution >= 4 is 17.8 Å². The topological polar surface area (TPSA) is 107 Å². The summed E-state index contributed by atoms with van der Waals surface area (Å²) in [4.78, 5) is 22.6. The van der Waals surface area contributed by atoms with Crippen molar-refractivity contribution in [3.8, 4) is 18.1 Å². The fourth-order valence-electron chi connectivity index (χ4n) is 1.64. The lowest BCUT2D eigenvalue weighted by Gasteiger charge is -2.10. The van der Waals surface area contributed by atoms with Crippen molar-refractivity contribution in [1.29, 1.82) is 0 Å². The molecular formula is C17H23N3O6. The molecule has 0 saturated heterocycles. The van der Waals surface area contributed by atoms with E-state index in [1.165, 1.54) is 0 Å². The van der Waals surface area contributed by atoms with Crippen LogP contribution in [0.4, 0.5) is 15.3 Å². The van der Waals surface area contributed by atoms with Crippen LogP contribution in [0.25, 0.3) is 0 Å². The lowest BCUT2D eigenvalue weighted by atomic mass is 10.3. The number of benzene rings is 1. The van der Waals surface area contributed by atoms with Gasteiger partial charge in [-0.3, -0.25) is 0 Å². The van der Waals surface area contributed by atoms with Gasteiger partial charge >= 0.3 is 12.1 Å². The van der Waals surface area contributed by atoms with E-state index in [0.717, 1.165) is 0 Å². The van der Waals surface area contributed by atoms with Crippen molar-refractivity contribution in [2.24, 2.45) is 0 Å². The Morgan fingerprint density at radius 1 is 1.04 bits per heavy atom. The highest BCUT2D eigenvalue weighted by Crippen LogP contribution is 2.15. The third-order valence-electron chi connectivity index (χ3n) is 2.72. The van der Waals surface area contributed by atoms with Crippen molar-refractivity contribution in [2.45, 2.75) is 6.92 Å². The Kier molecular flexibility index (Phi) is 10.8. The van der Waals surface area contributed by atoms with Crippen LogP contribution in [0, 0.1) is 12.3 Å². The molecule has 1 aromatic rings. The van der Waals surface area contributed by atoms with Gasteiger partial charge in [-0.15, -0.1) is 6.42 Å². The fourth-order valence-corrected chi connectivity index (χ4v) is 1.64. The second-order valence-corrected chi connectivity index (χ2v) is 4.67. The van der Waals surface area contributed by atoms with Gasteiger partial charge in [-0.2, -0.15) is 0 Å². The van der Waals surface area contributed by atoms with Crippen LogP contribution in [0.2, 0.25) is 0 Å². The number of amides is 3. The van der Waals surface area contributed by atoms with Gasteiger partial charge in [0.05, 0.1) is 26.4 Å². The summed E-state index contributed by atoms with van der Waals surface area (Å²) < 4.78 is 20.5. The molecule has 26 heavy (non-hydrogen) atoms. The van der Waals surface area contributed by atoms with Gasteiger partial charge in [0.1, 0.15) is 19.0 Å². The molecule has 0 fully saturated rings. The largest absolute Gasteiger partial charge is 0.491 e. The first-order chi connectivity index (χ1) is 12.7. The van der Waals surface area contributed by atoms with Crippen molar-refractivity contribution in [3.63, 3.8) is 0 Å². The number of rotatable bonds is 10. The lowest BCUT2D eigenvalue weighted by molar-refractivity contribution is 0.0462. The molecular weight excluding hydrogens is 342 g/mol. The molecule has 1 aromatic carbocycles. The average Bonchev–Trinajstić information content (AvgIpc) is 2.64. The quantitative estimate of drug-likeness (QED) is 0.330. The monoisotopic (exact) mass is 365 g/mol. The van der Waals surface area contributed by atoms with Crippen LogP contribution in [0.1, 0.15) is 6.92 Å². The number of hydrogen-bond acceptors (Lipinski definition) is 6. The number of anilines is 1. The van der Waals surface area contributed by atoms with Crippen molar-refractivity contribution < 1.29 is 28.5 Å². The zero-order valence-electron chi connectivity index (χ0n) is 14.6. The predicted octanol–water partition coefficient (Wildman–Crippen LogP) is 1.51. The van der Waals surface area contributed by atoms with Crippen LogP contribution in [0.15, 0.2) is 24.3 Å². The van der Waals surface area contributed by atoms with Crippen LogP contribution in [-0.2, 0) is 14.2 Å². The van der Waals surface area contributed by atoms with Crippen molar-refractivity contribution in [3.05, 3.63) is 24.3 Å². The second-order valence-electron chi connectivity index (χ2n) is 4.67. The van der Waals surface area contributed by atoms with Crippen LogP contribution >= 0.6 is 0 Å². The first-order valence-electron chi connectivity index (χ1n) is 7.97. The Bertz CT molecular complexity index is 585. The maximum Gasteiger partial charge on any atom is 0.426 e. The number of urea groups is 1. The van der Waals surface area contributed by atoms with E-state index in [9.17, 15) is 9.59 Å². The molecule has 0 saturated carbocycles. The number of ether oxygens (including phenoxy) is 4. The first-order valence-corrected chi connectivity index (χ1v) is 7.97. The highest BCUT2D eigenvalue weighted by molar-refractivity contribution is 5.90. The molecule has 1 rings (SSSR count). The molecule has 0 unspecified atom stereocenters. The van der Waals surface area contributed by atoms with Crippen LogP contribution in [-0.4, -0.2) is 51.8 Å². The van der Waals surface area contributed by atoms with Crippen molar-refractivity contribution in [2.75, 3.05) is 45.0 Å². The Morgan fingerprint density at radius 2 is 1.73 bits per heavy atom. The van der Waals surface area contributed by atoms with E-state index >= 15 is 0 Å². The molecule has 0 radical (unpaired) electrons. The maximum atomic E-state index is 11.6. The number of nitrogens with one attached hydrogen (secondary N) is 3. The summed E-state index contributed by atoms with van der Waals surface area (Å²) in [7, 11) is 0. The summed E-state index contributed by atoms with van der Waals surface area (Å²) in [6.45, 7) is 3.83. The van der Waals surface area contributed by atoms with E-state index in [2.05, 4.69) is 26.8 Å². The van der Waals surface area contributed by atoms with Gasteiger partial charge in [0.25, 0.3) is 0 Å². The number of hydrazine groups is 1. The molecule has 0 aliphatic heterocycles. The first kappa shape index (κ1) is 21.1. The van der Waals surface area contributed by atoms with Gasteiger partial charge in [-0.05, 0) is 31.2 Å². The molecule has 0 aromatic heterocycles. The van der Waals surface area contributed by atoms with Gasteiger partial charge in [-0.1, -0.05) is 5.92 Å². The van der Waals surface area contributed by atoms with Crippen LogP contribution < -0.4 is 20.9 Å². The molecule has 0 spiro atoms.